The Morgan fingerprint density at radius 3 is 2.83 bits per heavy atom. The Hall–Kier alpha value is -1.99. The lowest BCUT2D eigenvalue weighted by Crippen LogP contribution is -2.20. The van der Waals surface area contributed by atoms with Gasteiger partial charge in [0, 0.05) is 24.0 Å². The van der Waals surface area contributed by atoms with E-state index in [1.165, 1.54) is 16.3 Å². The van der Waals surface area contributed by atoms with Gasteiger partial charge in [-0.15, -0.1) is 11.8 Å². The zero-order valence-corrected chi connectivity index (χ0v) is 14.5. The third-order valence-corrected chi connectivity index (χ3v) is 4.45. The van der Waals surface area contributed by atoms with Crippen LogP contribution in [0.25, 0.3) is 5.65 Å². The Kier molecular flexibility index (Phi) is 4.32. The quantitative estimate of drug-likeness (QED) is 0.534. The first-order chi connectivity index (χ1) is 11.0. The number of aromatic nitrogens is 4. The zero-order chi connectivity index (χ0) is 16.6. The molecule has 0 unspecified atom stereocenters. The Bertz CT molecular complexity index is 935. The molecule has 3 heterocycles. The van der Waals surface area contributed by atoms with Gasteiger partial charge >= 0.3 is 0 Å². The first-order valence-corrected chi connectivity index (χ1v) is 8.46. The molecule has 6 nitrogen and oxygen atoms in total. The van der Waals surface area contributed by atoms with Crippen LogP contribution in [0, 0.1) is 6.92 Å². The summed E-state index contributed by atoms with van der Waals surface area (Å²) < 4.78 is 8.64. The number of hydrogen-bond donors (Lipinski definition) is 0. The summed E-state index contributed by atoms with van der Waals surface area (Å²) in [6.07, 6.45) is 3.63. The maximum Gasteiger partial charge on any atom is 0.274 e. The van der Waals surface area contributed by atoms with Crippen molar-refractivity contribution in [3.05, 3.63) is 51.2 Å². The third-order valence-electron chi connectivity index (χ3n) is 3.54. The molecule has 120 valence electrons. The summed E-state index contributed by atoms with van der Waals surface area (Å²) in [6.45, 7) is 2.43. The van der Waals surface area contributed by atoms with Crippen LogP contribution in [0.5, 0.6) is 5.75 Å². The lowest BCUT2D eigenvalue weighted by atomic mass is 10.2. The van der Waals surface area contributed by atoms with Crippen LogP contribution in [0.3, 0.4) is 0 Å². The maximum absolute atomic E-state index is 12.1. The van der Waals surface area contributed by atoms with Crippen molar-refractivity contribution in [2.45, 2.75) is 18.5 Å². The van der Waals surface area contributed by atoms with Crippen LogP contribution < -0.4 is 10.3 Å². The average molecular weight is 351 g/mol. The third kappa shape index (κ3) is 2.94. The molecule has 0 saturated heterocycles. The summed E-state index contributed by atoms with van der Waals surface area (Å²) in [5, 5.41) is 5.43. The van der Waals surface area contributed by atoms with Crippen molar-refractivity contribution in [1.29, 1.82) is 0 Å². The van der Waals surface area contributed by atoms with Crippen molar-refractivity contribution in [3.63, 3.8) is 0 Å². The van der Waals surface area contributed by atoms with Gasteiger partial charge in [0.15, 0.2) is 10.9 Å². The van der Waals surface area contributed by atoms with E-state index in [1.807, 2.05) is 29.9 Å². The summed E-state index contributed by atoms with van der Waals surface area (Å²) in [7, 11) is 1.55. The van der Waals surface area contributed by atoms with Gasteiger partial charge in [0.05, 0.1) is 13.7 Å². The van der Waals surface area contributed by atoms with Crippen molar-refractivity contribution < 1.29 is 4.74 Å². The van der Waals surface area contributed by atoms with Gasteiger partial charge in [-0.3, -0.25) is 4.79 Å². The van der Waals surface area contributed by atoms with Crippen LogP contribution >= 0.6 is 23.4 Å². The van der Waals surface area contributed by atoms with E-state index in [1.54, 1.807) is 19.4 Å². The maximum atomic E-state index is 12.1. The van der Waals surface area contributed by atoms with E-state index in [9.17, 15) is 4.79 Å². The number of thioether (sulfide) groups is 1. The number of rotatable bonds is 4. The highest BCUT2D eigenvalue weighted by atomic mass is 35.5. The molecule has 0 fully saturated rings. The minimum absolute atomic E-state index is 0.138. The van der Waals surface area contributed by atoms with Crippen molar-refractivity contribution in [2.24, 2.45) is 0 Å². The molecule has 0 atom stereocenters. The summed E-state index contributed by atoms with van der Waals surface area (Å²) in [5.41, 5.74) is 2.38. The van der Waals surface area contributed by atoms with Gasteiger partial charge in [-0.25, -0.2) is 4.98 Å². The minimum Gasteiger partial charge on any atom is -0.494 e. The molecule has 3 aromatic rings. The summed E-state index contributed by atoms with van der Waals surface area (Å²) >= 11 is 7.47. The van der Waals surface area contributed by atoms with Crippen LogP contribution in [0.1, 0.15) is 11.3 Å². The van der Waals surface area contributed by atoms with Gasteiger partial charge in [0.2, 0.25) is 0 Å². The molecule has 3 aromatic heterocycles. The van der Waals surface area contributed by atoms with Gasteiger partial charge < -0.3 is 9.30 Å². The number of halogens is 1. The summed E-state index contributed by atoms with van der Waals surface area (Å²) in [4.78, 5) is 16.2. The van der Waals surface area contributed by atoms with Crippen molar-refractivity contribution >= 4 is 29.0 Å². The predicted octanol–water partition coefficient (Wildman–Crippen LogP) is 2.63. The average Bonchev–Trinajstić information content (AvgIpc) is 2.97. The number of nitrogens with zero attached hydrogens (tertiary/aromatic N) is 4. The smallest absolute Gasteiger partial charge is 0.274 e. The zero-order valence-electron chi connectivity index (χ0n) is 12.9. The normalized spacial score (nSPS) is 11.1. The first-order valence-electron chi connectivity index (χ1n) is 6.86. The predicted molar refractivity (Wildman–Crippen MR) is 90.9 cm³/mol. The van der Waals surface area contributed by atoms with E-state index < -0.39 is 0 Å². The monoisotopic (exact) mass is 350 g/mol. The van der Waals surface area contributed by atoms with E-state index in [-0.39, 0.29) is 5.56 Å². The fraction of sp³-hybridized carbons (Fsp3) is 0.267. The van der Waals surface area contributed by atoms with Crippen molar-refractivity contribution in [2.75, 3.05) is 13.4 Å². The van der Waals surface area contributed by atoms with Crippen molar-refractivity contribution in [3.8, 4) is 5.75 Å². The Balaban J connectivity index is 2.12. The topological polar surface area (TPSA) is 61.4 Å². The number of aryl methyl sites for hydroxylation is 1. The first kappa shape index (κ1) is 15.9. The molecule has 3 rings (SSSR count). The molecule has 0 spiro atoms. The second-order valence-corrected chi connectivity index (χ2v) is 6.19. The Labute approximate surface area is 142 Å². The number of pyridine rings is 1. The number of fused-ring (bicyclic) bond motifs is 1. The molecule has 0 aliphatic heterocycles. The lowest BCUT2D eigenvalue weighted by molar-refractivity contribution is 0.412. The fourth-order valence-electron chi connectivity index (χ4n) is 2.39. The van der Waals surface area contributed by atoms with Crippen LogP contribution in [0.4, 0.5) is 0 Å². The summed E-state index contributed by atoms with van der Waals surface area (Å²) in [6, 6.07) is 5.32. The SMILES string of the molecule is COc1cc(Cn2c(C)cc(=O)n3nc(SC)cc23)cnc1Cl. The van der Waals surface area contributed by atoms with E-state index in [2.05, 4.69) is 10.1 Å². The molecular weight excluding hydrogens is 336 g/mol. The fourth-order valence-corrected chi connectivity index (χ4v) is 2.96. The molecule has 0 radical (unpaired) electrons. The minimum atomic E-state index is -0.138. The highest BCUT2D eigenvalue weighted by molar-refractivity contribution is 7.98. The number of ether oxygens (including phenoxy) is 1. The molecule has 8 heteroatoms. The largest absolute Gasteiger partial charge is 0.494 e. The molecule has 0 amide bonds. The van der Waals surface area contributed by atoms with Crippen molar-refractivity contribution in [1.82, 2.24) is 19.2 Å². The van der Waals surface area contributed by atoms with Crippen LogP contribution in [-0.4, -0.2) is 32.5 Å². The van der Waals surface area contributed by atoms with Gasteiger partial charge in [-0.2, -0.15) is 9.61 Å². The number of methoxy groups -OCH3 is 1. The molecule has 0 saturated carbocycles. The standard InChI is InChI=1S/C15H15ClN4O2S/c1-9-4-14(21)20-13(6-12(18-20)23-3)19(9)8-10-5-11(22-2)15(16)17-7-10/h4-7H,8H2,1-3H3. The molecule has 0 aromatic carbocycles. The lowest BCUT2D eigenvalue weighted by Gasteiger charge is -2.13. The molecule has 0 N–H and O–H groups in total. The van der Waals surface area contributed by atoms with Crippen LogP contribution in [0.15, 0.2) is 34.2 Å². The second-order valence-electron chi connectivity index (χ2n) is 5.00. The van der Waals surface area contributed by atoms with Gasteiger partial charge in [-0.1, -0.05) is 11.6 Å². The Morgan fingerprint density at radius 1 is 1.35 bits per heavy atom. The molecule has 0 bridgehead atoms. The molecule has 0 aliphatic rings. The van der Waals surface area contributed by atoms with E-state index in [0.29, 0.717) is 17.4 Å². The molecule has 23 heavy (non-hydrogen) atoms. The molecule has 0 aliphatic carbocycles. The molecular formula is C15H15ClN4O2S. The number of hydrogen-bond acceptors (Lipinski definition) is 5. The van der Waals surface area contributed by atoms with E-state index in [0.717, 1.165) is 21.9 Å². The summed E-state index contributed by atoms with van der Waals surface area (Å²) in [5.74, 6) is 0.525. The second kappa shape index (κ2) is 6.25. The van der Waals surface area contributed by atoms with E-state index >= 15 is 0 Å². The highest BCUT2D eigenvalue weighted by Gasteiger charge is 2.12. The van der Waals surface area contributed by atoms with Gasteiger partial charge in [0.25, 0.3) is 5.56 Å². The van der Waals surface area contributed by atoms with Crippen LogP contribution in [0.2, 0.25) is 5.15 Å². The Morgan fingerprint density at radius 2 is 2.13 bits per heavy atom. The highest BCUT2D eigenvalue weighted by Crippen LogP contribution is 2.23. The van der Waals surface area contributed by atoms with Gasteiger partial charge in [-0.05, 0) is 24.8 Å². The van der Waals surface area contributed by atoms with E-state index in [4.69, 9.17) is 16.3 Å². The van der Waals surface area contributed by atoms with Crippen LogP contribution in [-0.2, 0) is 6.54 Å². The van der Waals surface area contributed by atoms with Gasteiger partial charge in [0.1, 0.15) is 10.7 Å².